The van der Waals surface area contributed by atoms with Gasteiger partial charge in [-0.05, 0) is 36.6 Å². The maximum Gasteiger partial charge on any atom is 0.00501 e. The molecule has 0 amide bonds. The van der Waals surface area contributed by atoms with Crippen LogP contribution < -0.4 is 5.32 Å². The van der Waals surface area contributed by atoms with Gasteiger partial charge in [-0.1, -0.05) is 54.4 Å². The minimum Gasteiger partial charge on any atom is -0.314 e. The Kier molecular flexibility index (Phi) is 7.53. The van der Waals surface area contributed by atoms with Crippen LogP contribution in [0.25, 0.3) is 0 Å². The Morgan fingerprint density at radius 3 is 2.20 bits per heavy atom. The minimum atomic E-state index is 0.516. The summed E-state index contributed by atoms with van der Waals surface area (Å²) in [5, 5.41) is 3.73. The molecule has 0 heterocycles. The molecule has 0 atom stereocenters. The molecule has 2 nitrogen and oxygen atoms in total. The number of hydrogen-bond donors (Lipinski definition) is 1. The lowest BCUT2D eigenvalue weighted by Gasteiger charge is -2.43. The molecule has 0 aromatic heterocycles. The summed E-state index contributed by atoms with van der Waals surface area (Å²) in [4.78, 5) is 2.68. The highest BCUT2D eigenvalue weighted by molar-refractivity contribution is 4.89. The zero-order valence-corrected chi connectivity index (χ0v) is 14.8. The molecule has 20 heavy (non-hydrogen) atoms. The van der Waals surface area contributed by atoms with Gasteiger partial charge in [-0.15, -0.1) is 0 Å². The van der Waals surface area contributed by atoms with E-state index in [9.17, 15) is 0 Å². The van der Waals surface area contributed by atoms with Gasteiger partial charge in [0.25, 0.3) is 0 Å². The molecule has 1 aliphatic carbocycles. The summed E-state index contributed by atoms with van der Waals surface area (Å²) in [5.74, 6) is 1.70. The molecule has 0 bridgehead atoms. The summed E-state index contributed by atoms with van der Waals surface area (Å²) in [6, 6.07) is 0.603. The van der Waals surface area contributed by atoms with Gasteiger partial charge in [-0.25, -0.2) is 0 Å². The summed E-state index contributed by atoms with van der Waals surface area (Å²) < 4.78 is 0. The Labute approximate surface area is 127 Å². The third kappa shape index (κ3) is 6.13. The van der Waals surface area contributed by atoms with Gasteiger partial charge in [-0.3, -0.25) is 0 Å². The number of rotatable bonds is 8. The van der Waals surface area contributed by atoms with Crippen LogP contribution in [0.15, 0.2) is 0 Å². The summed E-state index contributed by atoms with van der Waals surface area (Å²) in [6.07, 6.45) is 5.64. The van der Waals surface area contributed by atoms with Gasteiger partial charge in [0.05, 0.1) is 0 Å². The van der Waals surface area contributed by atoms with Gasteiger partial charge in [0.2, 0.25) is 0 Å². The van der Waals surface area contributed by atoms with E-state index in [1.807, 2.05) is 0 Å². The van der Waals surface area contributed by atoms with E-state index in [1.54, 1.807) is 0 Å². The van der Waals surface area contributed by atoms with Crippen LogP contribution in [0.3, 0.4) is 0 Å². The average Bonchev–Trinajstić information content (AvgIpc) is 2.38. The van der Waals surface area contributed by atoms with Crippen molar-refractivity contribution < 1.29 is 0 Å². The SMILES string of the molecule is CCN(CC(C)C)CC1(CNC(C)C)CCC(C)CC1. The van der Waals surface area contributed by atoms with Crippen molar-refractivity contribution in [2.75, 3.05) is 26.2 Å². The van der Waals surface area contributed by atoms with Crippen LogP contribution >= 0.6 is 0 Å². The highest BCUT2D eigenvalue weighted by Crippen LogP contribution is 2.39. The standard InChI is InChI=1S/C18H38N2/c1-7-20(12-15(2)3)14-18(13-19-16(4)5)10-8-17(6)9-11-18/h15-17,19H,7-14H2,1-6H3. The van der Waals surface area contributed by atoms with E-state index < -0.39 is 0 Å². The molecule has 0 unspecified atom stereocenters. The number of hydrogen-bond acceptors (Lipinski definition) is 2. The maximum absolute atomic E-state index is 3.73. The number of nitrogens with one attached hydrogen (secondary N) is 1. The molecular weight excluding hydrogens is 244 g/mol. The molecule has 1 fully saturated rings. The van der Waals surface area contributed by atoms with Crippen LogP contribution in [0.4, 0.5) is 0 Å². The van der Waals surface area contributed by atoms with E-state index in [2.05, 4.69) is 51.8 Å². The van der Waals surface area contributed by atoms with Gasteiger partial charge in [-0.2, -0.15) is 0 Å². The third-order valence-electron chi connectivity index (χ3n) is 4.85. The monoisotopic (exact) mass is 282 g/mol. The zero-order chi connectivity index (χ0) is 15.2. The third-order valence-corrected chi connectivity index (χ3v) is 4.85. The van der Waals surface area contributed by atoms with Crippen molar-refractivity contribution in [1.82, 2.24) is 10.2 Å². The maximum atomic E-state index is 3.73. The summed E-state index contributed by atoms with van der Waals surface area (Å²) in [7, 11) is 0. The second-order valence-electron chi connectivity index (χ2n) is 7.94. The van der Waals surface area contributed by atoms with E-state index in [1.165, 1.54) is 51.9 Å². The fraction of sp³-hybridized carbons (Fsp3) is 1.00. The minimum absolute atomic E-state index is 0.516. The molecule has 0 aromatic rings. The Bertz CT molecular complexity index is 252. The first-order valence-corrected chi connectivity index (χ1v) is 8.82. The first-order chi connectivity index (χ1) is 9.37. The lowest BCUT2D eigenvalue weighted by molar-refractivity contribution is 0.0811. The highest BCUT2D eigenvalue weighted by Gasteiger charge is 2.35. The van der Waals surface area contributed by atoms with Crippen molar-refractivity contribution in [3.8, 4) is 0 Å². The van der Waals surface area contributed by atoms with Crippen molar-refractivity contribution in [3.05, 3.63) is 0 Å². The molecular formula is C18H38N2. The second-order valence-corrected chi connectivity index (χ2v) is 7.94. The molecule has 1 saturated carbocycles. The van der Waals surface area contributed by atoms with E-state index >= 15 is 0 Å². The fourth-order valence-electron chi connectivity index (χ4n) is 3.48. The van der Waals surface area contributed by atoms with Crippen molar-refractivity contribution in [1.29, 1.82) is 0 Å². The van der Waals surface area contributed by atoms with Gasteiger partial charge in [0.1, 0.15) is 0 Å². The molecule has 1 aliphatic rings. The smallest absolute Gasteiger partial charge is 0.00501 e. The molecule has 1 rings (SSSR count). The van der Waals surface area contributed by atoms with E-state index in [4.69, 9.17) is 0 Å². The normalized spacial score (nSPS) is 27.8. The van der Waals surface area contributed by atoms with Crippen molar-refractivity contribution in [3.63, 3.8) is 0 Å². The Hall–Kier alpha value is -0.0800. The lowest BCUT2D eigenvalue weighted by Crippen LogP contribution is -2.48. The highest BCUT2D eigenvalue weighted by atomic mass is 15.1. The molecule has 0 radical (unpaired) electrons. The Morgan fingerprint density at radius 2 is 1.75 bits per heavy atom. The van der Waals surface area contributed by atoms with Crippen molar-refractivity contribution >= 4 is 0 Å². The van der Waals surface area contributed by atoms with Crippen LogP contribution in [0, 0.1) is 17.3 Å². The quantitative estimate of drug-likeness (QED) is 0.719. The molecule has 0 aliphatic heterocycles. The van der Waals surface area contributed by atoms with Crippen LogP contribution in [0.5, 0.6) is 0 Å². The summed E-state index contributed by atoms with van der Waals surface area (Å²) in [5.41, 5.74) is 0.516. The predicted molar refractivity (Wildman–Crippen MR) is 90.2 cm³/mol. The zero-order valence-electron chi connectivity index (χ0n) is 14.8. The number of nitrogens with zero attached hydrogens (tertiary/aromatic N) is 1. The topological polar surface area (TPSA) is 15.3 Å². The van der Waals surface area contributed by atoms with Crippen LogP contribution in [-0.2, 0) is 0 Å². The van der Waals surface area contributed by atoms with Crippen molar-refractivity contribution in [2.45, 2.75) is 73.3 Å². The fourth-order valence-corrected chi connectivity index (χ4v) is 3.48. The first kappa shape index (κ1) is 18.0. The Morgan fingerprint density at radius 1 is 1.15 bits per heavy atom. The van der Waals surface area contributed by atoms with E-state index in [0.29, 0.717) is 11.5 Å². The van der Waals surface area contributed by atoms with Gasteiger partial charge in [0, 0.05) is 25.7 Å². The summed E-state index contributed by atoms with van der Waals surface area (Å²) in [6.45, 7) is 18.9. The first-order valence-electron chi connectivity index (χ1n) is 8.82. The lowest BCUT2D eigenvalue weighted by atomic mass is 9.70. The second kappa shape index (κ2) is 8.38. The molecule has 120 valence electrons. The van der Waals surface area contributed by atoms with Gasteiger partial charge < -0.3 is 10.2 Å². The molecule has 0 aromatic carbocycles. The summed E-state index contributed by atoms with van der Waals surface area (Å²) >= 11 is 0. The van der Waals surface area contributed by atoms with Gasteiger partial charge >= 0.3 is 0 Å². The molecule has 2 heteroatoms. The van der Waals surface area contributed by atoms with Crippen molar-refractivity contribution in [2.24, 2.45) is 17.3 Å². The largest absolute Gasteiger partial charge is 0.314 e. The molecule has 1 N–H and O–H groups in total. The van der Waals surface area contributed by atoms with E-state index in [0.717, 1.165) is 11.8 Å². The Balaban J connectivity index is 2.65. The predicted octanol–water partition coefficient (Wildman–Crippen LogP) is 4.16. The van der Waals surface area contributed by atoms with Crippen LogP contribution in [-0.4, -0.2) is 37.1 Å². The average molecular weight is 283 g/mol. The van der Waals surface area contributed by atoms with Crippen LogP contribution in [0.1, 0.15) is 67.2 Å². The molecule has 0 spiro atoms. The van der Waals surface area contributed by atoms with E-state index in [-0.39, 0.29) is 0 Å². The van der Waals surface area contributed by atoms with Gasteiger partial charge in [0.15, 0.2) is 0 Å². The van der Waals surface area contributed by atoms with Crippen LogP contribution in [0.2, 0.25) is 0 Å². The molecule has 0 saturated heterocycles.